The lowest BCUT2D eigenvalue weighted by Gasteiger charge is -2.17. The van der Waals surface area contributed by atoms with Crippen molar-refractivity contribution in [1.29, 1.82) is 0 Å². The Balaban J connectivity index is 1.49. The molecule has 1 aromatic carbocycles. The maximum atomic E-state index is 12.9. The maximum absolute atomic E-state index is 12.9. The van der Waals surface area contributed by atoms with Gasteiger partial charge < -0.3 is 19.4 Å². The van der Waals surface area contributed by atoms with Crippen LogP contribution in [0.15, 0.2) is 47.4 Å². The second-order valence-corrected chi connectivity index (χ2v) is 7.88. The van der Waals surface area contributed by atoms with Crippen molar-refractivity contribution in [2.45, 2.75) is 25.7 Å². The first-order chi connectivity index (χ1) is 15.5. The highest BCUT2D eigenvalue weighted by atomic mass is 16.5. The van der Waals surface area contributed by atoms with E-state index in [1.807, 2.05) is 36.1 Å². The number of carbonyl (C=O) groups is 1. The maximum Gasteiger partial charge on any atom is 0.251 e. The Morgan fingerprint density at radius 1 is 1.22 bits per heavy atom. The molecule has 0 bridgehead atoms. The summed E-state index contributed by atoms with van der Waals surface area (Å²) < 4.78 is 10.6. The predicted molar refractivity (Wildman–Crippen MR) is 120 cm³/mol. The zero-order valence-corrected chi connectivity index (χ0v) is 18.4. The van der Waals surface area contributed by atoms with Crippen LogP contribution in [0.3, 0.4) is 0 Å². The molecule has 0 radical (unpaired) electrons. The number of likely N-dealkylation sites (tertiary alicyclic amines) is 1. The number of carbonyl (C=O) groups excluding carboxylic acids is 1. The standard InChI is InChI=1S/C24H26N4O4/c1-15-11-16(6-7-20(15)31-2)12-22(30)28-10-8-17(14-28)23-26-19(13-21(29)27-23)18-5-4-9-25-24(18)32-3/h4-7,9,11,13,17H,8,10,12,14H2,1-3H3,(H,26,27,29)/t17-/m1/s1. The Morgan fingerprint density at radius 3 is 2.81 bits per heavy atom. The molecule has 1 fully saturated rings. The molecule has 8 heteroatoms. The number of aryl methyl sites for hydroxylation is 1. The zero-order valence-electron chi connectivity index (χ0n) is 18.4. The quantitative estimate of drug-likeness (QED) is 0.641. The summed E-state index contributed by atoms with van der Waals surface area (Å²) in [4.78, 5) is 38.8. The molecular weight excluding hydrogens is 408 g/mol. The second kappa shape index (κ2) is 9.21. The van der Waals surface area contributed by atoms with E-state index in [4.69, 9.17) is 9.47 Å². The highest BCUT2D eigenvalue weighted by Gasteiger charge is 2.29. The van der Waals surface area contributed by atoms with E-state index in [1.165, 1.54) is 13.2 Å². The lowest BCUT2D eigenvalue weighted by Crippen LogP contribution is -2.30. The number of rotatable bonds is 6. The van der Waals surface area contributed by atoms with Crippen LogP contribution < -0.4 is 15.0 Å². The largest absolute Gasteiger partial charge is 0.496 e. The number of benzene rings is 1. The van der Waals surface area contributed by atoms with Crippen LogP contribution >= 0.6 is 0 Å². The van der Waals surface area contributed by atoms with E-state index in [2.05, 4.69) is 15.0 Å². The van der Waals surface area contributed by atoms with Gasteiger partial charge in [-0.25, -0.2) is 9.97 Å². The van der Waals surface area contributed by atoms with Crippen molar-refractivity contribution in [2.24, 2.45) is 0 Å². The van der Waals surface area contributed by atoms with Gasteiger partial charge in [-0.05, 0) is 42.7 Å². The normalized spacial score (nSPS) is 15.6. The van der Waals surface area contributed by atoms with E-state index in [9.17, 15) is 9.59 Å². The van der Waals surface area contributed by atoms with Crippen molar-refractivity contribution < 1.29 is 14.3 Å². The molecule has 1 atom stereocenters. The highest BCUT2D eigenvalue weighted by Crippen LogP contribution is 2.29. The summed E-state index contributed by atoms with van der Waals surface area (Å²) in [7, 11) is 3.17. The number of H-pyrrole nitrogens is 1. The first-order valence-corrected chi connectivity index (χ1v) is 10.5. The fraction of sp³-hybridized carbons (Fsp3) is 0.333. The van der Waals surface area contributed by atoms with Crippen LogP contribution in [-0.4, -0.2) is 53.1 Å². The van der Waals surface area contributed by atoms with Gasteiger partial charge in [-0.1, -0.05) is 12.1 Å². The van der Waals surface area contributed by atoms with Gasteiger partial charge >= 0.3 is 0 Å². The van der Waals surface area contributed by atoms with Gasteiger partial charge in [0.2, 0.25) is 11.8 Å². The van der Waals surface area contributed by atoms with Crippen LogP contribution in [-0.2, 0) is 11.2 Å². The molecule has 1 aliphatic heterocycles. The van der Waals surface area contributed by atoms with Crippen LogP contribution in [0.2, 0.25) is 0 Å². The molecule has 4 rings (SSSR count). The van der Waals surface area contributed by atoms with Gasteiger partial charge in [0.25, 0.3) is 5.56 Å². The number of pyridine rings is 1. The van der Waals surface area contributed by atoms with Crippen molar-refractivity contribution in [3.8, 4) is 22.9 Å². The molecule has 2 aromatic heterocycles. The number of ether oxygens (including phenoxy) is 2. The fourth-order valence-corrected chi connectivity index (χ4v) is 4.10. The number of aromatic amines is 1. The third kappa shape index (κ3) is 4.49. The van der Waals surface area contributed by atoms with Gasteiger partial charge in [0.1, 0.15) is 11.6 Å². The monoisotopic (exact) mass is 434 g/mol. The van der Waals surface area contributed by atoms with Crippen molar-refractivity contribution >= 4 is 5.91 Å². The van der Waals surface area contributed by atoms with Crippen LogP contribution in [0, 0.1) is 6.92 Å². The molecule has 3 aromatic rings. The SMILES string of the molecule is COc1ccc(CC(=O)N2CC[C@@H](c3nc(-c4cccnc4OC)cc(=O)[nH]3)C2)cc1C. The third-order valence-electron chi connectivity index (χ3n) is 5.74. The van der Waals surface area contributed by atoms with Crippen LogP contribution in [0.5, 0.6) is 11.6 Å². The van der Waals surface area contributed by atoms with Gasteiger partial charge in [0.15, 0.2) is 0 Å². The van der Waals surface area contributed by atoms with E-state index in [-0.39, 0.29) is 17.4 Å². The molecule has 166 valence electrons. The molecule has 3 heterocycles. The first-order valence-electron chi connectivity index (χ1n) is 10.5. The van der Waals surface area contributed by atoms with Gasteiger partial charge in [-0.2, -0.15) is 0 Å². The smallest absolute Gasteiger partial charge is 0.251 e. The molecule has 8 nitrogen and oxygen atoms in total. The summed E-state index contributed by atoms with van der Waals surface area (Å²) in [5.74, 6) is 1.82. The van der Waals surface area contributed by atoms with E-state index < -0.39 is 0 Å². The molecule has 32 heavy (non-hydrogen) atoms. The average molecular weight is 434 g/mol. The number of nitrogens with zero attached hydrogens (tertiary/aromatic N) is 3. The Kier molecular flexibility index (Phi) is 6.20. The summed E-state index contributed by atoms with van der Waals surface area (Å²) in [6.45, 7) is 3.11. The molecule has 1 N–H and O–H groups in total. The minimum atomic E-state index is -0.241. The summed E-state index contributed by atoms with van der Waals surface area (Å²) in [5, 5.41) is 0. The van der Waals surface area contributed by atoms with E-state index in [1.54, 1.807) is 19.4 Å². The van der Waals surface area contributed by atoms with Gasteiger partial charge in [-0.3, -0.25) is 9.59 Å². The minimum absolute atomic E-state index is 0.0353. The molecule has 1 aliphatic rings. The van der Waals surface area contributed by atoms with Crippen molar-refractivity contribution in [3.63, 3.8) is 0 Å². The Labute approximate surface area is 186 Å². The lowest BCUT2D eigenvalue weighted by atomic mass is 10.1. The number of nitrogens with one attached hydrogen (secondary N) is 1. The van der Waals surface area contributed by atoms with Crippen LogP contribution in [0.25, 0.3) is 11.3 Å². The number of aromatic nitrogens is 3. The Morgan fingerprint density at radius 2 is 2.06 bits per heavy atom. The third-order valence-corrected chi connectivity index (χ3v) is 5.74. The zero-order chi connectivity index (χ0) is 22.7. The van der Waals surface area contributed by atoms with E-state index in [0.29, 0.717) is 42.5 Å². The number of methoxy groups -OCH3 is 2. The van der Waals surface area contributed by atoms with Gasteiger partial charge in [0, 0.05) is 31.3 Å². The van der Waals surface area contributed by atoms with Crippen molar-refractivity contribution in [1.82, 2.24) is 19.9 Å². The van der Waals surface area contributed by atoms with Gasteiger partial charge in [-0.15, -0.1) is 0 Å². The van der Waals surface area contributed by atoms with Crippen LogP contribution in [0.4, 0.5) is 0 Å². The van der Waals surface area contributed by atoms with Crippen molar-refractivity contribution in [3.05, 3.63) is 69.9 Å². The number of hydrogen-bond acceptors (Lipinski definition) is 6. The summed E-state index contributed by atoms with van der Waals surface area (Å²) >= 11 is 0. The topological polar surface area (TPSA) is 97.4 Å². The molecule has 0 unspecified atom stereocenters. The van der Waals surface area contributed by atoms with Crippen molar-refractivity contribution in [2.75, 3.05) is 27.3 Å². The highest BCUT2D eigenvalue weighted by molar-refractivity contribution is 5.79. The Hall–Kier alpha value is -3.68. The predicted octanol–water partition coefficient (Wildman–Crippen LogP) is 2.72. The molecule has 1 amide bonds. The van der Waals surface area contributed by atoms with E-state index >= 15 is 0 Å². The fourth-order valence-electron chi connectivity index (χ4n) is 4.10. The summed E-state index contributed by atoms with van der Waals surface area (Å²) in [6.07, 6.45) is 2.69. The van der Waals surface area contributed by atoms with Crippen LogP contribution in [0.1, 0.15) is 29.3 Å². The summed E-state index contributed by atoms with van der Waals surface area (Å²) in [5.41, 5.74) is 2.88. The first kappa shape index (κ1) is 21.5. The van der Waals surface area contributed by atoms with E-state index in [0.717, 1.165) is 23.3 Å². The molecule has 0 aliphatic carbocycles. The molecular formula is C24H26N4O4. The molecule has 0 spiro atoms. The second-order valence-electron chi connectivity index (χ2n) is 7.88. The average Bonchev–Trinajstić information content (AvgIpc) is 3.29. The molecule has 1 saturated heterocycles. The summed E-state index contributed by atoms with van der Waals surface area (Å²) in [6, 6.07) is 10.8. The number of amides is 1. The molecule has 0 saturated carbocycles. The number of hydrogen-bond donors (Lipinski definition) is 1. The minimum Gasteiger partial charge on any atom is -0.496 e. The Bertz CT molecular complexity index is 1190. The van der Waals surface area contributed by atoms with Gasteiger partial charge in [0.05, 0.1) is 31.9 Å². The lowest BCUT2D eigenvalue weighted by molar-refractivity contribution is -0.129.